The molecule has 1 aromatic carbocycles. The Balaban J connectivity index is 1.54. The molecule has 1 aromatic rings. The van der Waals surface area contributed by atoms with Crippen LogP contribution in [-0.2, 0) is 0 Å². The van der Waals surface area contributed by atoms with E-state index in [0.717, 1.165) is 37.9 Å². The van der Waals surface area contributed by atoms with Crippen molar-refractivity contribution >= 4 is 16.9 Å². The van der Waals surface area contributed by atoms with Crippen molar-refractivity contribution in [3.8, 4) is 0 Å². The lowest BCUT2D eigenvalue weighted by Gasteiger charge is -2.36. The molecule has 0 amide bonds. The number of amidine groups is 1. The quantitative estimate of drug-likeness (QED) is 0.914. The van der Waals surface area contributed by atoms with E-state index in [-0.39, 0.29) is 12.1 Å². The van der Waals surface area contributed by atoms with Gasteiger partial charge in [-0.3, -0.25) is 9.89 Å². The molecule has 1 fully saturated rings. The van der Waals surface area contributed by atoms with Crippen molar-refractivity contribution in [3.05, 3.63) is 35.4 Å². The molecule has 0 aliphatic carbocycles. The normalized spacial score (nSPS) is 23.9. The Labute approximate surface area is 139 Å². The zero-order valence-corrected chi connectivity index (χ0v) is 13.9. The van der Waals surface area contributed by atoms with Gasteiger partial charge < -0.3 is 10.0 Å². The van der Waals surface area contributed by atoms with E-state index in [2.05, 4.69) is 16.8 Å². The highest BCUT2D eigenvalue weighted by molar-refractivity contribution is 8.14. The van der Waals surface area contributed by atoms with E-state index in [1.54, 1.807) is 11.8 Å². The summed E-state index contributed by atoms with van der Waals surface area (Å²) in [5.41, 5.74) is -0.237. The molecule has 2 heterocycles. The van der Waals surface area contributed by atoms with Crippen LogP contribution in [0.2, 0.25) is 0 Å². The SMILES string of the molecule is CC1CN=C(N2CCN(CC(O)c3c(F)cccc3F)CC2)S1. The summed E-state index contributed by atoms with van der Waals surface area (Å²) in [7, 11) is 0. The number of aliphatic hydroxyl groups is 1. The first-order valence-electron chi connectivity index (χ1n) is 7.85. The Hall–Kier alpha value is -1.18. The molecule has 0 bridgehead atoms. The average molecular weight is 341 g/mol. The summed E-state index contributed by atoms with van der Waals surface area (Å²) in [6.07, 6.45) is -1.15. The van der Waals surface area contributed by atoms with Crippen molar-refractivity contribution in [1.29, 1.82) is 0 Å². The molecular formula is C16H21F2N3OS. The number of thioether (sulfide) groups is 1. The monoisotopic (exact) mass is 341 g/mol. The highest BCUT2D eigenvalue weighted by Gasteiger charge is 2.27. The Morgan fingerprint density at radius 3 is 2.48 bits per heavy atom. The number of benzene rings is 1. The van der Waals surface area contributed by atoms with Gasteiger partial charge in [0.1, 0.15) is 11.6 Å². The second kappa shape index (κ2) is 7.15. The molecular weight excluding hydrogens is 320 g/mol. The van der Waals surface area contributed by atoms with Crippen LogP contribution in [0.15, 0.2) is 23.2 Å². The molecule has 2 aliphatic heterocycles. The van der Waals surface area contributed by atoms with Crippen LogP contribution in [-0.4, -0.2) is 64.6 Å². The van der Waals surface area contributed by atoms with E-state index in [1.807, 2.05) is 4.90 Å². The standard InChI is InChI=1S/C16H21F2N3OS/c1-11-9-19-16(23-11)21-7-5-20(6-8-21)10-14(22)15-12(17)3-2-4-13(15)18/h2-4,11,14,22H,5-10H2,1H3. The topological polar surface area (TPSA) is 39.1 Å². The summed E-state index contributed by atoms with van der Waals surface area (Å²) in [6.45, 7) is 6.42. The van der Waals surface area contributed by atoms with Crippen molar-refractivity contribution in [2.75, 3.05) is 39.3 Å². The Morgan fingerprint density at radius 2 is 1.91 bits per heavy atom. The summed E-state index contributed by atoms with van der Waals surface area (Å²) in [5.74, 6) is -1.39. The van der Waals surface area contributed by atoms with Gasteiger partial charge in [0, 0.05) is 38.0 Å². The molecule has 0 saturated carbocycles. The van der Waals surface area contributed by atoms with Crippen LogP contribution in [0.4, 0.5) is 8.78 Å². The molecule has 4 nitrogen and oxygen atoms in total. The molecule has 23 heavy (non-hydrogen) atoms. The van der Waals surface area contributed by atoms with Gasteiger partial charge >= 0.3 is 0 Å². The maximum atomic E-state index is 13.7. The van der Waals surface area contributed by atoms with Gasteiger partial charge in [-0.2, -0.15) is 0 Å². The summed E-state index contributed by atoms with van der Waals surface area (Å²) in [4.78, 5) is 8.82. The lowest BCUT2D eigenvalue weighted by atomic mass is 10.1. The number of piperazine rings is 1. The van der Waals surface area contributed by atoms with Gasteiger partial charge in [0.25, 0.3) is 0 Å². The predicted molar refractivity (Wildman–Crippen MR) is 88.7 cm³/mol. The number of aliphatic imine (C=N–C) groups is 1. The molecule has 0 radical (unpaired) electrons. The fourth-order valence-electron chi connectivity index (χ4n) is 2.92. The number of β-amino-alcohol motifs (C(OH)–C–C–N with tert-alkyl or cyclic N) is 1. The number of nitrogens with zero attached hydrogens (tertiary/aromatic N) is 3. The number of hydrogen-bond acceptors (Lipinski definition) is 5. The van der Waals surface area contributed by atoms with Crippen LogP contribution in [0.5, 0.6) is 0 Å². The molecule has 1 N–H and O–H groups in total. The van der Waals surface area contributed by atoms with E-state index in [1.165, 1.54) is 18.2 Å². The van der Waals surface area contributed by atoms with Crippen molar-refractivity contribution in [2.45, 2.75) is 18.3 Å². The second-order valence-corrected chi connectivity index (χ2v) is 7.40. The first-order valence-corrected chi connectivity index (χ1v) is 8.73. The van der Waals surface area contributed by atoms with Gasteiger partial charge in [-0.25, -0.2) is 8.78 Å². The molecule has 3 rings (SSSR count). The minimum absolute atomic E-state index is 0.237. The Kier molecular flexibility index (Phi) is 5.18. The highest BCUT2D eigenvalue weighted by Crippen LogP contribution is 2.25. The smallest absolute Gasteiger partial charge is 0.159 e. The third kappa shape index (κ3) is 3.84. The lowest BCUT2D eigenvalue weighted by Crippen LogP contribution is -2.48. The predicted octanol–water partition coefficient (Wildman–Crippen LogP) is 2.11. The second-order valence-electron chi connectivity index (χ2n) is 5.99. The van der Waals surface area contributed by atoms with Gasteiger partial charge in [0.15, 0.2) is 5.17 Å². The maximum absolute atomic E-state index is 13.7. The largest absolute Gasteiger partial charge is 0.387 e. The lowest BCUT2D eigenvalue weighted by molar-refractivity contribution is 0.0857. The number of aliphatic hydroxyl groups excluding tert-OH is 1. The van der Waals surface area contributed by atoms with Crippen LogP contribution >= 0.6 is 11.8 Å². The fourth-order valence-corrected chi connectivity index (χ4v) is 3.91. The minimum atomic E-state index is -1.15. The summed E-state index contributed by atoms with van der Waals surface area (Å²) < 4.78 is 27.4. The number of rotatable bonds is 3. The van der Waals surface area contributed by atoms with Crippen molar-refractivity contribution in [3.63, 3.8) is 0 Å². The van der Waals surface area contributed by atoms with Crippen LogP contribution in [0.1, 0.15) is 18.6 Å². The van der Waals surface area contributed by atoms with Gasteiger partial charge in [-0.05, 0) is 12.1 Å². The van der Waals surface area contributed by atoms with Gasteiger partial charge in [0.2, 0.25) is 0 Å². The van der Waals surface area contributed by atoms with E-state index in [4.69, 9.17) is 0 Å². The Morgan fingerprint density at radius 1 is 1.26 bits per heavy atom. The molecule has 2 unspecified atom stereocenters. The molecule has 126 valence electrons. The third-order valence-electron chi connectivity index (χ3n) is 4.20. The van der Waals surface area contributed by atoms with Gasteiger partial charge in [-0.15, -0.1) is 0 Å². The van der Waals surface area contributed by atoms with E-state index >= 15 is 0 Å². The zero-order valence-electron chi connectivity index (χ0n) is 13.1. The summed E-state index contributed by atoms with van der Waals surface area (Å²) >= 11 is 1.80. The molecule has 2 atom stereocenters. The zero-order chi connectivity index (χ0) is 16.4. The van der Waals surface area contributed by atoms with E-state index in [0.29, 0.717) is 5.25 Å². The summed E-state index contributed by atoms with van der Waals surface area (Å²) in [6, 6.07) is 3.66. The van der Waals surface area contributed by atoms with Crippen LogP contribution in [0.25, 0.3) is 0 Å². The van der Waals surface area contributed by atoms with E-state index < -0.39 is 17.7 Å². The number of halogens is 2. The molecule has 2 aliphatic rings. The Bertz CT molecular complexity index is 570. The molecule has 0 aromatic heterocycles. The third-order valence-corrected chi connectivity index (χ3v) is 5.35. The molecule has 1 saturated heterocycles. The molecule has 0 spiro atoms. The first-order chi connectivity index (χ1) is 11.0. The first kappa shape index (κ1) is 16.7. The van der Waals surface area contributed by atoms with Gasteiger partial charge in [0.05, 0.1) is 18.2 Å². The van der Waals surface area contributed by atoms with Crippen molar-refractivity contribution in [1.82, 2.24) is 9.80 Å². The van der Waals surface area contributed by atoms with Crippen molar-refractivity contribution in [2.24, 2.45) is 4.99 Å². The van der Waals surface area contributed by atoms with Crippen LogP contribution in [0.3, 0.4) is 0 Å². The minimum Gasteiger partial charge on any atom is -0.387 e. The van der Waals surface area contributed by atoms with Crippen LogP contribution in [0, 0.1) is 11.6 Å². The van der Waals surface area contributed by atoms with E-state index in [9.17, 15) is 13.9 Å². The highest BCUT2D eigenvalue weighted by atomic mass is 32.2. The maximum Gasteiger partial charge on any atom is 0.159 e. The van der Waals surface area contributed by atoms with Gasteiger partial charge in [-0.1, -0.05) is 24.8 Å². The molecule has 7 heteroatoms. The van der Waals surface area contributed by atoms with Crippen LogP contribution < -0.4 is 0 Å². The average Bonchev–Trinajstić information content (AvgIpc) is 2.94. The fraction of sp³-hybridized carbons (Fsp3) is 0.562. The summed E-state index contributed by atoms with van der Waals surface area (Å²) in [5, 5.41) is 11.8. The number of hydrogen-bond donors (Lipinski definition) is 1. The van der Waals surface area contributed by atoms with Crippen molar-refractivity contribution < 1.29 is 13.9 Å².